The maximum absolute atomic E-state index is 13.5. The van der Waals surface area contributed by atoms with Gasteiger partial charge in [0.1, 0.15) is 12.9 Å². The number of carbonyl (C=O) groups is 1. The summed E-state index contributed by atoms with van der Waals surface area (Å²) in [7, 11) is 1.59. The Bertz CT molecular complexity index is 1620. The van der Waals surface area contributed by atoms with Gasteiger partial charge in [0.05, 0.1) is 30.4 Å². The van der Waals surface area contributed by atoms with Crippen molar-refractivity contribution in [1.29, 1.82) is 0 Å². The third-order valence-corrected chi connectivity index (χ3v) is 7.22. The highest BCUT2D eigenvalue weighted by atomic mass is 35.5. The molecule has 222 valence electrons. The molecule has 2 atom stereocenters. The average Bonchev–Trinajstić information content (AvgIpc) is 3.69. The number of aliphatic hydroxyl groups is 1. The molecule has 42 heavy (non-hydrogen) atoms. The number of para-hydroxylation sites is 1. The molecule has 15 heteroatoms. The molecular weight excluding hydrogens is 579 g/mol. The summed E-state index contributed by atoms with van der Waals surface area (Å²) in [4.78, 5) is 32.7. The summed E-state index contributed by atoms with van der Waals surface area (Å²) in [5.41, 5.74) is 0.305. The first-order valence-electron chi connectivity index (χ1n) is 13.0. The third kappa shape index (κ3) is 6.10. The Morgan fingerprint density at radius 3 is 2.62 bits per heavy atom. The second kappa shape index (κ2) is 12.1. The summed E-state index contributed by atoms with van der Waals surface area (Å²) in [6.07, 6.45) is -4.64. The molecule has 4 aromatic rings. The fourth-order valence-electron chi connectivity index (χ4n) is 4.90. The first-order chi connectivity index (χ1) is 20.1. The van der Waals surface area contributed by atoms with Gasteiger partial charge in [-0.1, -0.05) is 23.7 Å². The number of ether oxygens (including phenoxy) is 1. The number of rotatable bonds is 9. The molecular formula is C27H27ClF3N7O4. The summed E-state index contributed by atoms with van der Waals surface area (Å²) in [6.45, 7) is -0.299. The largest absolute Gasteiger partial charge is 0.416 e. The SMILES string of the molecule is COC[C@H]1CCCN1C(=O)c1ccccc1-n1cnc(Cn2nc(-c3ccc(Cl)cc3)n(CC(O)C(F)(F)F)c2=O)n1. The Hall–Kier alpha value is -4.01. The molecule has 2 aromatic heterocycles. The van der Waals surface area contributed by atoms with Gasteiger partial charge in [-0.25, -0.2) is 19.1 Å². The van der Waals surface area contributed by atoms with Crippen molar-refractivity contribution < 1.29 is 27.8 Å². The van der Waals surface area contributed by atoms with Crippen molar-refractivity contribution in [3.05, 3.63) is 81.8 Å². The van der Waals surface area contributed by atoms with E-state index in [2.05, 4.69) is 15.2 Å². The topological polar surface area (TPSA) is 120 Å². The van der Waals surface area contributed by atoms with Gasteiger partial charge >= 0.3 is 11.9 Å². The Balaban J connectivity index is 1.45. The summed E-state index contributed by atoms with van der Waals surface area (Å²) < 4.78 is 47.8. The normalized spacial score (nSPS) is 16.2. The summed E-state index contributed by atoms with van der Waals surface area (Å²) in [5.74, 6) is -0.138. The Morgan fingerprint density at radius 2 is 1.90 bits per heavy atom. The summed E-state index contributed by atoms with van der Waals surface area (Å²) in [6, 6.07) is 12.9. The van der Waals surface area contributed by atoms with Crippen molar-refractivity contribution >= 4 is 17.5 Å². The Morgan fingerprint density at radius 1 is 1.17 bits per heavy atom. The van der Waals surface area contributed by atoms with Gasteiger partial charge in [0, 0.05) is 24.2 Å². The van der Waals surface area contributed by atoms with E-state index in [1.54, 1.807) is 36.3 Å². The number of alkyl halides is 3. The Kier molecular flexibility index (Phi) is 8.48. The van der Waals surface area contributed by atoms with Gasteiger partial charge in [-0.05, 0) is 49.2 Å². The molecule has 1 unspecified atom stereocenters. The molecule has 11 nitrogen and oxygen atoms in total. The minimum absolute atomic E-state index is 0.0328. The predicted molar refractivity (Wildman–Crippen MR) is 145 cm³/mol. The van der Waals surface area contributed by atoms with E-state index in [4.69, 9.17) is 16.3 Å². The second-order valence-electron chi connectivity index (χ2n) is 9.81. The van der Waals surface area contributed by atoms with Crippen LogP contribution in [0.2, 0.25) is 5.02 Å². The van der Waals surface area contributed by atoms with Crippen LogP contribution in [0, 0.1) is 0 Å². The van der Waals surface area contributed by atoms with Crippen LogP contribution in [0.15, 0.2) is 59.7 Å². The standard InChI is InChI=1S/C27H27ClF3N7O4/c1-42-15-19-5-4-12-35(19)25(40)20-6-2-3-7-21(20)38-16-32-23(33-38)14-37-26(41)36(13-22(39)27(29,30)31)24(34-37)17-8-10-18(28)11-9-17/h2-3,6-11,16,19,22,39H,4-5,12-15H2,1H3/t19-,22?/m1/s1. The number of hydrogen-bond acceptors (Lipinski definition) is 7. The van der Waals surface area contributed by atoms with Crippen LogP contribution in [0.1, 0.15) is 29.0 Å². The molecule has 1 aliphatic rings. The number of nitrogens with zero attached hydrogens (tertiary/aromatic N) is 7. The third-order valence-electron chi connectivity index (χ3n) is 6.97. The number of benzene rings is 2. The van der Waals surface area contributed by atoms with Crippen molar-refractivity contribution in [2.75, 3.05) is 20.3 Å². The zero-order chi connectivity index (χ0) is 30.0. The van der Waals surface area contributed by atoms with Crippen LogP contribution in [0.3, 0.4) is 0 Å². The van der Waals surface area contributed by atoms with E-state index in [1.165, 1.54) is 35.3 Å². The van der Waals surface area contributed by atoms with Crippen molar-refractivity contribution in [3.63, 3.8) is 0 Å². The van der Waals surface area contributed by atoms with E-state index in [9.17, 15) is 27.9 Å². The van der Waals surface area contributed by atoms with Crippen molar-refractivity contribution in [3.8, 4) is 17.1 Å². The monoisotopic (exact) mass is 605 g/mol. The van der Waals surface area contributed by atoms with Crippen molar-refractivity contribution in [2.45, 2.75) is 44.3 Å². The lowest BCUT2D eigenvalue weighted by molar-refractivity contribution is -0.207. The quantitative estimate of drug-likeness (QED) is 0.311. The van der Waals surface area contributed by atoms with Crippen molar-refractivity contribution in [2.24, 2.45) is 0 Å². The van der Waals surface area contributed by atoms with Gasteiger partial charge in [-0.3, -0.25) is 9.36 Å². The molecule has 0 saturated carbocycles. The van der Waals surface area contributed by atoms with Gasteiger partial charge in [0.25, 0.3) is 5.91 Å². The lowest BCUT2D eigenvalue weighted by atomic mass is 10.1. The minimum Gasteiger partial charge on any atom is -0.383 e. The molecule has 0 spiro atoms. The van der Waals surface area contributed by atoms with Gasteiger partial charge in [-0.2, -0.15) is 13.2 Å². The minimum atomic E-state index is -4.94. The fourth-order valence-corrected chi connectivity index (χ4v) is 5.02. The van der Waals surface area contributed by atoms with E-state index in [-0.39, 0.29) is 30.1 Å². The molecule has 1 aliphatic heterocycles. The molecule has 0 radical (unpaired) electrons. The molecule has 2 aromatic carbocycles. The number of likely N-dealkylation sites (tertiary alicyclic amines) is 1. The van der Waals surface area contributed by atoms with Gasteiger partial charge in [-0.15, -0.1) is 10.2 Å². The number of aliphatic hydroxyl groups excluding tert-OH is 1. The van der Waals surface area contributed by atoms with Crippen LogP contribution < -0.4 is 5.69 Å². The average molecular weight is 606 g/mol. The highest BCUT2D eigenvalue weighted by Crippen LogP contribution is 2.25. The fraction of sp³-hybridized carbons (Fsp3) is 0.370. The van der Waals surface area contributed by atoms with Crippen LogP contribution in [-0.4, -0.2) is 83.6 Å². The Labute approximate surface area is 242 Å². The number of aromatic nitrogens is 6. The number of halogens is 4. The first kappa shape index (κ1) is 29.5. The molecule has 0 bridgehead atoms. The molecule has 1 amide bonds. The van der Waals surface area contributed by atoms with Crippen LogP contribution >= 0.6 is 11.6 Å². The second-order valence-corrected chi connectivity index (χ2v) is 10.2. The lowest BCUT2D eigenvalue weighted by Gasteiger charge is -2.25. The van der Waals surface area contributed by atoms with Gasteiger partial charge < -0.3 is 14.7 Å². The van der Waals surface area contributed by atoms with E-state index < -0.39 is 24.5 Å². The molecule has 5 rings (SSSR count). The van der Waals surface area contributed by atoms with Crippen LogP contribution in [0.25, 0.3) is 17.1 Å². The maximum Gasteiger partial charge on any atom is 0.416 e. The van der Waals surface area contributed by atoms with Gasteiger partial charge in [0.15, 0.2) is 17.8 Å². The van der Waals surface area contributed by atoms with Crippen LogP contribution in [0.4, 0.5) is 13.2 Å². The predicted octanol–water partition coefficient (Wildman–Crippen LogP) is 3.17. The number of amides is 1. The van der Waals surface area contributed by atoms with E-state index >= 15 is 0 Å². The van der Waals surface area contributed by atoms with Crippen LogP contribution in [0.5, 0.6) is 0 Å². The van der Waals surface area contributed by atoms with E-state index in [0.29, 0.717) is 35.0 Å². The number of hydrogen-bond donors (Lipinski definition) is 1. The zero-order valence-electron chi connectivity index (χ0n) is 22.4. The van der Waals surface area contributed by atoms with Crippen molar-refractivity contribution in [1.82, 2.24) is 34.0 Å². The maximum atomic E-state index is 13.5. The first-order valence-corrected chi connectivity index (χ1v) is 13.4. The van der Waals surface area contributed by atoms with E-state index in [1.807, 2.05) is 0 Å². The van der Waals surface area contributed by atoms with Gasteiger partial charge in [0.2, 0.25) is 0 Å². The molecule has 1 saturated heterocycles. The molecule has 0 aliphatic carbocycles. The highest BCUT2D eigenvalue weighted by molar-refractivity contribution is 6.30. The smallest absolute Gasteiger partial charge is 0.383 e. The van der Waals surface area contributed by atoms with E-state index in [0.717, 1.165) is 22.1 Å². The molecule has 1 N–H and O–H groups in total. The molecule has 3 heterocycles. The zero-order valence-corrected chi connectivity index (χ0v) is 23.2. The summed E-state index contributed by atoms with van der Waals surface area (Å²) >= 11 is 5.94. The summed E-state index contributed by atoms with van der Waals surface area (Å²) in [5, 5.41) is 18.7. The number of carbonyl (C=O) groups excluding carboxylic acids is 1. The van der Waals surface area contributed by atoms with Crippen LogP contribution in [-0.2, 0) is 17.8 Å². The number of methoxy groups -OCH3 is 1. The highest BCUT2D eigenvalue weighted by Gasteiger charge is 2.39. The molecule has 1 fully saturated rings. The lowest BCUT2D eigenvalue weighted by Crippen LogP contribution is -2.38.